The molecule has 1 aromatic carbocycles. The number of nitrogens with zero attached hydrogens (tertiary/aromatic N) is 2. The van der Waals surface area contributed by atoms with Gasteiger partial charge in [-0.05, 0) is 69.4 Å². The monoisotopic (exact) mass is 447 g/mol. The van der Waals surface area contributed by atoms with Crippen molar-refractivity contribution in [1.29, 1.82) is 10.8 Å². The highest BCUT2D eigenvalue weighted by molar-refractivity contribution is 6.13. The lowest BCUT2D eigenvalue weighted by atomic mass is 9.91. The van der Waals surface area contributed by atoms with E-state index in [0.717, 1.165) is 67.5 Å². The number of hydrogen-bond acceptors (Lipinski definition) is 6. The molecular weight excluding hydrogens is 410 g/mol. The quantitative estimate of drug-likeness (QED) is 0.460. The molecule has 1 aliphatic carbocycles. The van der Waals surface area contributed by atoms with Crippen LogP contribution in [0.4, 0.5) is 5.82 Å². The van der Waals surface area contributed by atoms with Crippen LogP contribution < -0.4 is 10.2 Å². The van der Waals surface area contributed by atoms with Gasteiger partial charge in [-0.25, -0.2) is 4.98 Å². The zero-order valence-electron chi connectivity index (χ0n) is 19.9. The molecule has 1 unspecified atom stereocenters. The van der Waals surface area contributed by atoms with E-state index < -0.39 is 0 Å². The van der Waals surface area contributed by atoms with Gasteiger partial charge in [-0.15, -0.1) is 0 Å². The van der Waals surface area contributed by atoms with Crippen molar-refractivity contribution in [1.82, 2.24) is 10.3 Å². The highest BCUT2D eigenvalue weighted by atomic mass is 16.3. The third-order valence-corrected chi connectivity index (χ3v) is 7.05. The summed E-state index contributed by atoms with van der Waals surface area (Å²) in [5, 5.41) is 31.7. The van der Waals surface area contributed by atoms with E-state index in [1.165, 1.54) is 12.0 Å². The first-order valence-electron chi connectivity index (χ1n) is 12.4. The zero-order chi connectivity index (χ0) is 23.4. The summed E-state index contributed by atoms with van der Waals surface area (Å²) >= 11 is 0. The third-order valence-electron chi connectivity index (χ3n) is 7.05. The number of aliphatic hydroxyl groups is 1. The maximum Gasteiger partial charge on any atom is 0.138 e. The summed E-state index contributed by atoms with van der Waals surface area (Å²) in [6.07, 6.45) is 10.2. The van der Waals surface area contributed by atoms with Gasteiger partial charge in [-0.2, -0.15) is 0 Å². The van der Waals surface area contributed by atoms with Crippen molar-refractivity contribution >= 4 is 28.1 Å². The van der Waals surface area contributed by atoms with E-state index in [1.807, 2.05) is 6.92 Å². The largest absolute Gasteiger partial charge is 0.392 e. The second-order valence-corrected chi connectivity index (χ2v) is 9.57. The van der Waals surface area contributed by atoms with E-state index in [4.69, 9.17) is 15.8 Å². The number of piperidine rings is 1. The van der Waals surface area contributed by atoms with Gasteiger partial charge < -0.3 is 26.1 Å². The number of benzene rings is 1. The van der Waals surface area contributed by atoms with Crippen molar-refractivity contribution in [2.24, 2.45) is 0 Å². The molecule has 6 heteroatoms. The molecule has 0 radical (unpaired) electrons. The molecule has 2 aliphatic rings. The van der Waals surface area contributed by atoms with Crippen LogP contribution in [0, 0.1) is 17.7 Å². The Bertz CT molecular complexity index is 1040. The summed E-state index contributed by atoms with van der Waals surface area (Å²) in [5.41, 5.74) is 3.85. The maximum atomic E-state index is 10.3. The number of anilines is 1. The number of nitrogens with one attached hydrogen (secondary N) is 3. The highest BCUT2D eigenvalue weighted by Gasteiger charge is 2.28. The Labute approximate surface area is 197 Å². The van der Waals surface area contributed by atoms with E-state index in [2.05, 4.69) is 41.4 Å². The van der Waals surface area contributed by atoms with E-state index in [9.17, 15) is 5.11 Å². The molecule has 0 bridgehead atoms. The average molecular weight is 448 g/mol. The van der Waals surface area contributed by atoms with Gasteiger partial charge >= 0.3 is 0 Å². The number of allylic oxidation sites excluding steroid dienone is 2. The number of pyridine rings is 1. The molecule has 2 atom stereocenters. The molecule has 2 aromatic rings. The minimum absolute atomic E-state index is 0.219. The minimum atomic E-state index is -0.219. The van der Waals surface area contributed by atoms with Crippen LogP contribution in [0.3, 0.4) is 0 Å². The standard InChI is InChI=1S/C27H37N5O/c1-3-20(28)9-10-23(29)22-17-19-16-18(2)8-11-24(19)31-27(22)32-14-12-21(13-15-32)30-25-6-4-5-7-26(25)33/h8-11,16-17,21,25-26,28-30,33H,3-7,12-15H2,1-2H3/b10-9-,28-20?,29-23?/t25?,26-/m0/s1. The van der Waals surface area contributed by atoms with E-state index in [0.29, 0.717) is 23.9 Å². The second-order valence-electron chi connectivity index (χ2n) is 9.57. The summed E-state index contributed by atoms with van der Waals surface area (Å²) < 4.78 is 0. The lowest BCUT2D eigenvalue weighted by Gasteiger charge is -2.38. The summed E-state index contributed by atoms with van der Waals surface area (Å²) in [7, 11) is 0. The van der Waals surface area contributed by atoms with Crippen LogP contribution in [0.5, 0.6) is 0 Å². The second kappa shape index (κ2) is 10.6. The van der Waals surface area contributed by atoms with Gasteiger partial charge in [0.2, 0.25) is 0 Å². The van der Waals surface area contributed by atoms with Crippen LogP contribution in [0.1, 0.15) is 63.0 Å². The Morgan fingerprint density at radius 3 is 2.61 bits per heavy atom. The molecule has 2 fully saturated rings. The molecule has 0 spiro atoms. The predicted molar refractivity (Wildman–Crippen MR) is 137 cm³/mol. The molecule has 4 N–H and O–H groups in total. The summed E-state index contributed by atoms with van der Waals surface area (Å²) in [6.45, 7) is 5.77. The van der Waals surface area contributed by atoms with Gasteiger partial charge in [0, 0.05) is 41.8 Å². The van der Waals surface area contributed by atoms with Gasteiger partial charge in [0.1, 0.15) is 5.82 Å². The molecule has 1 saturated carbocycles. The maximum absolute atomic E-state index is 10.3. The average Bonchev–Trinajstić information content (AvgIpc) is 2.83. The van der Waals surface area contributed by atoms with Crippen molar-refractivity contribution in [3.63, 3.8) is 0 Å². The number of aryl methyl sites for hydroxylation is 1. The number of aliphatic hydroxyl groups excluding tert-OH is 1. The lowest BCUT2D eigenvalue weighted by molar-refractivity contribution is 0.0828. The van der Waals surface area contributed by atoms with Gasteiger partial charge in [-0.3, -0.25) is 0 Å². The van der Waals surface area contributed by atoms with Gasteiger partial charge in [-0.1, -0.05) is 31.4 Å². The number of hydrogen-bond donors (Lipinski definition) is 4. The first-order chi connectivity index (χ1) is 15.9. The van der Waals surface area contributed by atoms with Crippen molar-refractivity contribution in [3.05, 3.63) is 47.5 Å². The Kier molecular flexibility index (Phi) is 7.56. The van der Waals surface area contributed by atoms with Crippen molar-refractivity contribution in [2.45, 2.75) is 77.0 Å². The third kappa shape index (κ3) is 5.68. The van der Waals surface area contributed by atoms with Crippen LogP contribution in [-0.4, -0.2) is 52.8 Å². The first kappa shape index (κ1) is 23.6. The number of rotatable bonds is 7. The molecular formula is C27H37N5O. The molecule has 2 heterocycles. The zero-order valence-corrected chi connectivity index (χ0v) is 19.9. The normalized spacial score (nSPS) is 22.2. The van der Waals surface area contributed by atoms with Crippen LogP contribution in [-0.2, 0) is 0 Å². The Morgan fingerprint density at radius 1 is 1.12 bits per heavy atom. The predicted octanol–water partition coefficient (Wildman–Crippen LogP) is 4.76. The highest BCUT2D eigenvalue weighted by Crippen LogP contribution is 2.28. The van der Waals surface area contributed by atoms with Crippen LogP contribution >= 0.6 is 0 Å². The van der Waals surface area contributed by atoms with Crippen LogP contribution in [0.2, 0.25) is 0 Å². The topological polar surface area (TPSA) is 96.1 Å². The van der Waals surface area contributed by atoms with Crippen LogP contribution in [0.15, 0.2) is 36.4 Å². The molecule has 0 amide bonds. The Morgan fingerprint density at radius 2 is 1.88 bits per heavy atom. The number of fused-ring (bicyclic) bond motifs is 1. The van der Waals surface area contributed by atoms with Gasteiger partial charge in [0.25, 0.3) is 0 Å². The molecule has 176 valence electrons. The van der Waals surface area contributed by atoms with E-state index >= 15 is 0 Å². The van der Waals surface area contributed by atoms with Crippen LogP contribution in [0.25, 0.3) is 10.9 Å². The summed E-state index contributed by atoms with van der Waals surface area (Å²) in [4.78, 5) is 7.30. The fourth-order valence-corrected chi connectivity index (χ4v) is 4.98. The summed E-state index contributed by atoms with van der Waals surface area (Å²) in [6, 6.07) is 8.97. The Balaban J connectivity index is 1.54. The van der Waals surface area contributed by atoms with E-state index in [1.54, 1.807) is 12.2 Å². The summed E-state index contributed by atoms with van der Waals surface area (Å²) in [5.74, 6) is 0.861. The Hall–Kier alpha value is -2.57. The van der Waals surface area contributed by atoms with Crippen molar-refractivity contribution < 1.29 is 5.11 Å². The van der Waals surface area contributed by atoms with Crippen molar-refractivity contribution in [3.8, 4) is 0 Å². The molecule has 1 aliphatic heterocycles. The smallest absolute Gasteiger partial charge is 0.138 e. The van der Waals surface area contributed by atoms with Crippen molar-refractivity contribution in [2.75, 3.05) is 18.0 Å². The fraction of sp³-hybridized carbons (Fsp3) is 0.519. The molecule has 6 nitrogen and oxygen atoms in total. The van der Waals surface area contributed by atoms with Gasteiger partial charge in [0.05, 0.1) is 17.3 Å². The first-order valence-corrected chi connectivity index (χ1v) is 12.4. The molecule has 33 heavy (non-hydrogen) atoms. The van der Waals surface area contributed by atoms with Gasteiger partial charge in [0.15, 0.2) is 0 Å². The number of aromatic nitrogens is 1. The molecule has 1 aromatic heterocycles. The molecule has 4 rings (SSSR count). The molecule has 1 saturated heterocycles. The van der Waals surface area contributed by atoms with E-state index in [-0.39, 0.29) is 12.1 Å². The SMILES string of the molecule is CCC(=N)/C=C\C(=N)c1cc2cc(C)ccc2nc1N1CCC(NC2CCCC[C@@H]2O)CC1. The fourth-order valence-electron chi connectivity index (χ4n) is 4.98. The lowest BCUT2D eigenvalue weighted by Crippen LogP contribution is -2.51. The minimum Gasteiger partial charge on any atom is -0.392 e.